The molecular weight excluding hydrogens is 258 g/mol. The van der Waals surface area contributed by atoms with Crippen LogP contribution in [-0.4, -0.2) is 46.7 Å². The van der Waals surface area contributed by atoms with E-state index in [1.807, 2.05) is 13.8 Å². The van der Waals surface area contributed by atoms with Gasteiger partial charge in [0.25, 0.3) is 5.91 Å². The number of ether oxygens (including phenoxy) is 1. The van der Waals surface area contributed by atoms with Crippen molar-refractivity contribution in [3.8, 4) is 0 Å². The van der Waals surface area contributed by atoms with Crippen LogP contribution >= 0.6 is 0 Å². The molecule has 2 heterocycles. The smallest absolute Gasteiger partial charge is 0.269 e. The molecule has 0 saturated carbocycles. The first-order valence-corrected chi connectivity index (χ1v) is 7.20. The van der Waals surface area contributed by atoms with Gasteiger partial charge in [-0.1, -0.05) is 0 Å². The number of nitrogens with zero attached hydrogens (tertiary/aromatic N) is 2. The molecule has 6 heteroatoms. The van der Waals surface area contributed by atoms with Gasteiger partial charge >= 0.3 is 0 Å². The molecule has 0 radical (unpaired) electrons. The Balaban J connectivity index is 1.87. The summed E-state index contributed by atoms with van der Waals surface area (Å²) in [6.07, 6.45) is 1.19. The lowest BCUT2D eigenvalue weighted by molar-refractivity contribution is 0.00869. The van der Waals surface area contributed by atoms with Crippen molar-refractivity contribution >= 4 is 5.91 Å². The van der Waals surface area contributed by atoms with Crippen molar-refractivity contribution in [1.29, 1.82) is 0 Å². The molecule has 0 aromatic carbocycles. The van der Waals surface area contributed by atoms with Gasteiger partial charge in [-0.2, -0.15) is 5.10 Å². The van der Waals surface area contributed by atoms with Gasteiger partial charge in [-0.25, -0.2) is 0 Å². The molecule has 20 heavy (non-hydrogen) atoms. The number of aliphatic hydroxyl groups is 1. The molecule has 1 atom stereocenters. The van der Waals surface area contributed by atoms with Crippen molar-refractivity contribution in [2.45, 2.75) is 39.3 Å². The van der Waals surface area contributed by atoms with Crippen LogP contribution in [0.4, 0.5) is 0 Å². The van der Waals surface area contributed by atoms with Crippen molar-refractivity contribution in [3.63, 3.8) is 0 Å². The topological polar surface area (TPSA) is 76.4 Å². The molecule has 112 valence electrons. The Morgan fingerprint density at radius 3 is 2.95 bits per heavy atom. The molecule has 1 fully saturated rings. The maximum atomic E-state index is 12.1. The molecule has 1 saturated heterocycles. The number of aryl methyl sites for hydroxylation is 2. The predicted octanol–water partition coefficient (Wildman–Crippen LogP) is 0.729. The third kappa shape index (κ3) is 3.58. The molecule has 1 amide bonds. The molecule has 1 aromatic rings. The molecular formula is C14H23N3O3. The largest absolute Gasteiger partial charge is 0.391 e. The molecule has 2 rings (SSSR count). The van der Waals surface area contributed by atoms with Crippen LogP contribution < -0.4 is 5.32 Å². The number of rotatable bonds is 5. The standard InChI is InChI=1S/C14H23N3O3/c1-3-17-12(8-10(2)16-17)14(19)15-9-13(18)11-4-6-20-7-5-11/h8,11,13,18H,3-7,9H2,1-2H3,(H,15,19)/t13-/m0/s1. The lowest BCUT2D eigenvalue weighted by Crippen LogP contribution is -2.39. The van der Waals surface area contributed by atoms with Gasteiger partial charge in [0.05, 0.1) is 11.8 Å². The number of hydrogen-bond acceptors (Lipinski definition) is 4. The molecule has 0 bridgehead atoms. The quantitative estimate of drug-likeness (QED) is 0.834. The lowest BCUT2D eigenvalue weighted by atomic mass is 9.94. The number of nitrogens with one attached hydrogen (secondary N) is 1. The van der Waals surface area contributed by atoms with E-state index in [1.54, 1.807) is 10.7 Å². The first kappa shape index (κ1) is 15.0. The molecule has 0 aliphatic carbocycles. The lowest BCUT2D eigenvalue weighted by Gasteiger charge is -2.26. The van der Waals surface area contributed by atoms with Gasteiger partial charge in [0.15, 0.2) is 0 Å². The van der Waals surface area contributed by atoms with Crippen LogP contribution in [0.15, 0.2) is 6.07 Å². The Labute approximate surface area is 119 Å². The maximum absolute atomic E-state index is 12.1. The Kier molecular flexibility index (Phi) is 5.14. The van der Waals surface area contributed by atoms with Gasteiger partial charge in [-0.15, -0.1) is 0 Å². The van der Waals surface area contributed by atoms with E-state index in [0.29, 0.717) is 25.5 Å². The zero-order chi connectivity index (χ0) is 14.5. The third-order valence-corrected chi connectivity index (χ3v) is 3.72. The third-order valence-electron chi connectivity index (χ3n) is 3.72. The van der Waals surface area contributed by atoms with Gasteiger partial charge in [0, 0.05) is 26.3 Å². The summed E-state index contributed by atoms with van der Waals surface area (Å²) in [4.78, 5) is 12.1. The summed E-state index contributed by atoms with van der Waals surface area (Å²) in [5, 5.41) is 17.1. The van der Waals surface area contributed by atoms with E-state index in [1.165, 1.54) is 0 Å². The minimum atomic E-state index is -0.512. The first-order valence-electron chi connectivity index (χ1n) is 7.20. The van der Waals surface area contributed by atoms with E-state index < -0.39 is 6.10 Å². The van der Waals surface area contributed by atoms with E-state index in [2.05, 4.69) is 10.4 Å². The molecule has 1 aliphatic heterocycles. The summed E-state index contributed by atoms with van der Waals surface area (Å²) >= 11 is 0. The van der Waals surface area contributed by atoms with Gasteiger partial charge in [-0.05, 0) is 38.7 Å². The van der Waals surface area contributed by atoms with E-state index in [9.17, 15) is 9.90 Å². The fourth-order valence-electron chi connectivity index (χ4n) is 2.52. The highest BCUT2D eigenvalue weighted by molar-refractivity contribution is 5.92. The van der Waals surface area contributed by atoms with Crippen LogP contribution in [0, 0.1) is 12.8 Å². The van der Waals surface area contributed by atoms with Crippen molar-refractivity contribution < 1.29 is 14.6 Å². The molecule has 0 spiro atoms. The van der Waals surface area contributed by atoms with E-state index in [0.717, 1.165) is 18.5 Å². The number of carbonyl (C=O) groups is 1. The van der Waals surface area contributed by atoms with Crippen molar-refractivity contribution in [2.24, 2.45) is 5.92 Å². The zero-order valence-corrected chi connectivity index (χ0v) is 12.1. The van der Waals surface area contributed by atoms with Crippen molar-refractivity contribution in [3.05, 3.63) is 17.5 Å². The second-order valence-electron chi connectivity index (χ2n) is 5.21. The Morgan fingerprint density at radius 2 is 2.30 bits per heavy atom. The van der Waals surface area contributed by atoms with E-state index in [4.69, 9.17) is 4.74 Å². The van der Waals surface area contributed by atoms with Crippen LogP contribution in [0.25, 0.3) is 0 Å². The monoisotopic (exact) mass is 281 g/mol. The molecule has 1 aliphatic rings. The number of aromatic nitrogens is 2. The minimum Gasteiger partial charge on any atom is -0.391 e. The molecule has 1 aromatic heterocycles. The highest BCUT2D eigenvalue weighted by Gasteiger charge is 2.23. The summed E-state index contributed by atoms with van der Waals surface area (Å²) in [6.45, 7) is 6.12. The van der Waals surface area contributed by atoms with Crippen LogP contribution in [0.3, 0.4) is 0 Å². The van der Waals surface area contributed by atoms with Crippen LogP contribution in [0.2, 0.25) is 0 Å². The summed E-state index contributed by atoms with van der Waals surface area (Å²) in [6, 6.07) is 1.76. The van der Waals surface area contributed by atoms with Crippen molar-refractivity contribution in [2.75, 3.05) is 19.8 Å². The number of amides is 1. The number of hydrogen-bond donors (Lipinski definition) is 2. The summed E-state index contributed by atoms with van der Waals surface area (Å²) in [5.74, 6) is 0.0282. The SMILES string of the molecule is CCn1nc(C)cc1C(=O)NC[C@H](O)C1CCOCC1. The van der Waals surface area contributed by atoms with Crippen LogP contribution in [0.1, 0.15) is 35.9 Å². The molecule has 6 nitrogen and oxygen atoms in total. The first-order chi connectivity index (χ1) is 9.61. The fourth-order valence-corrected chi connectivity index (χ4v) is 2.52. The Hall–Kier alpha value is -1.40. The van der Waals surface area contributed by atoms with E-state index in [-0.39, 0.29) is 18.4 Å². The van der Waals surface area contributed by atoms with Crippen LogP contribution in [0.5, 0.6) is 0 Å². The average Bonchev–Trinajstić information content (AvgIpc) is 2.86. The van der Waals surface area contributed by atoms with Gasteiger partial charge in [0.1, 0.15) is 5.69 Å². The summed E-state index contributed by atoms with van der Waals surface area (Å²) < 4.78 is 6.94. The number of carbonyl (C=O) groups excluding carboxylic acids is 1. The Morgan fingerprint density at radius 1 is 1.60 bits per heavy atom. The minimum absolute atomic E-state index is 0.182. The van der Waals surface area contributed by atoms with Crippen molar-refractivity contribution in [1.82, 2.24) is 15.1 Å². The average molecular weight is 281 g/mol. The van der Waals surface area contributed by atoms with Gasteiger partial charge in [-0.3, -0.25) is 9.48 Å². The highest BCUT2D eigenvalue weighted by Crippen LogP contribution is 2.18. The summed E-state index contributed by atoms with van der Waals surface area (Å²) in [5.41, 5.74) is 1.37. The van der Waals surface area contributed by atoms with Gasteiger partial charge < -0.3 is 15.2 Å². The predicted molar refractivity (Wildman–Crippen MR) is 74.5 cm³/mol. The summed E-state index contributed by atoms with van der Waals surface area (Å²) in [7, 11) is 0. The number of aliphatic hydroxyl groups excluding tert-OH is 1. The molecule has 2 N–H and O–H groups in total. The van der Waals surface area contributed by atoms with Gasteiger partial charge in [0.2, 0.25) is 0 Å². The van der Waals surface area contributed by atoms with Crippen LogP contribution in [-0.2, 0) is 11.3 Å². The normalized spacial score (nSPS) is 17.9. The van der Waals surface area contributed by atoms with E-state index >= 15 is 0 Å². The zero-order valence-electron chi connectivity index (χ0n) is 12.1. The highest BCUT2D eigenvalue weighted by atomic mass is 16.5. The Bertz CT molecular complexity index is 453. The maximum Gasteiger partial charge on any atom is 0.269 e. The fraction of sp³-hybridized carbons (Fsp3) is 0.714. The molecule has 0 unspecified atom stereocenters. The second-order valence-corrected chi connectivity index (χ2v) is 5.21. The second kappa shape index (κ2) is 6.85.